The number of benzene rings is 2. The Kier molecular flexibility index (Phi) is 8.08. The predicted molar refractivity (Wildman–Crippen MR) is 118 cm³/mol. The summed E-state index contributed by atoms with van der Waals surface area (Å²) < 4.78 is 17.3. The molecule has 0 saturated carbocycles. The molecule has 154 valence electrons. The van der Waals surface area contributed by atoms with Gasteiger partial charge in [0.2, 0.25) is 0 Å². The van der Waals surface area contributed by atoms with Crippen LogP contribution in [0.25, 0.3) is 6.08 Å². The molecule has 2 rings (SSSR count). The van der Waals surface area contributed by atoms with Crippen LogP contribution in [0, 0.1) is 6.92 Å². The Morgan fingerprint density at radius 2 is 1.55 bits per heavy atom. The number of allylic oxidation sites excluding steroid dienone is 1. The molecule has 0 aromatic heterocycles. The maximum absolute atomic E-state index is 12.5. The van der Waals surface area contributed by atoms with Crippen molar-refractivity contribution in [2.45, 2.75) is 46.8 Å². The number of hydrogen-bond acceptors (Lipinski definition) is 4. The van der Waals surface area contributed by atoms with E-state index in [2.05, 4.69) is 6.58 Å². The fourth-order valence-corrected chi connectivity index (χ4v) is 2.67. The molecule has 0 radical (unpaired) electrons. The molecular weight excluding hydrogens is 364 g/mol. The van der Waals surface area contributed by atoms with Crippen LogP contribution in [0.4, 0.5) is 0 Å². The highest BCUT2D eigenvalue weighted by atomic mass is 16.5. The summed E-state index contributed by atoms with van der Waals surface area (Å²) in [6, 6.07) is 10.9. The Hall–Kier alpha value is -3.01. The second-order valence-electron chi connectivity index (χ2n) is 7.30. The third-order valence-corrected chi connectivity index (χ3v) is 3.99. The van der Waals surface area contributed by atoms with Crippen molar-refractivity contribution in [1.82, 2.24) is 0 Å². The van der Waals surface area contributed by atoms with Gasteiger partial charge in [0.05, 0.1) is 12.2 Å². The van der Waals surface area contributed by atoms with E-state index < -0.39 is 0 Å². The summed E-state index contributed by atoms with van der Waals surface area (Å²) in [5.74, 6) is 2.14. The fraction of sp³-hybridized carbons (Fsp3) is 0.320. The Morgan fingerprint density at radius 1 is 1.00 bits per heavy atom. The van der Waals surface area contributed by atoms with E-state index in [-0.39, 0.29) is 18.0 Å². The van der Waals surface area contributed by atoms with Crippen molar-refractivity contribution >= 4 is 11.9 Å². The summed E-state index contributed by atoms with van der Waals surface area (Å²) in [5, 5.41) is 0. The van der Waals surface area contributed by atoms with Gasteiger partial charge in [-0.3, -0.25) is 4.79 Å². The van der Waals surface area contributed by atoms with Crippen LogP contribution in [0.15, 0.2) is 55.1 Å². The molecule has 0 saturated heterocycles. The summed E-state index contributed by atoms with van der Waals surface area (Å²) in [7, 11) is 0. The minimum Gasteiger partial charge on any atom is -0.491 e. The van der Waals surface area contributed by atoms with Gasteiger partial charge in [-0.15, -0.1) is 0 Å². The summed E-state index contributed by atoms with van der Waals surface area (Å²) in [6.45, 7) is 14.0. The highest BCUT2D eigenvalue weighted by Crippen LogP contribution is 2.32. The van der Waals surface area contributed by atoms with Gasteiger partial charge in [0.25, 0.3) is 0 Å². The van der Waals surface area contributed by atoms with Gasteiger partial charge < -0.3 is 14.2 Å². The first kappa shape index (κ1) is 22.3. The van der Waals surface area contributed by atoms with Crippen LogP contribution in [0.5, 0.6) is 17.2 Å². The van der Waals surface area contributed by atoms with Gasteiger partial charge in [-0.05, 0) is 82.7 Å². The normalized spacial score (nSPS) is 11.1. The van der Waals surface area contributed by atoms with Crippen LogP contribution in [0.1, 0.15) is 49.2 Å². The molecule has 0 aliphatic carbocycles. The van der Waals surface area contributed by atoms with Crippen molar-refractivity contribution in [2.24, 2.45) is 0 Å². The van der Waals surface area contributed by atoms with Crippen molar-refractivity contribution in [3.63, 3.8) is 0 Å². The molecule has 0 bridgehead atoms. The second kappa shape index (κ2) is 10.5. The van der Waals surface area contributed by atoms with E-state index in [9.17, 15) is 4.79 Å². The number of ether oxygens (including phenoxy) is 3. The van der Waals surface area contributed by atoms with E-state index in [1.54, 1.807) is 42.5 Å². The first-order valence-corrected chi connectivity index (χ1v) is 9.84. The van der Waals surface area contributed by atoms with Gasteiger partial charge in [-0.25, -0.2) is 0 Å². The molecule has 29 heavy (non-hydrogen) atoms. The predicted octanol–water partition coefficient (Wildman–Crippen LogP) is 6.03. The lowest BCUT2D eigenvalue weighted by molar-refractivity contribution is 0.104. The van der Waals surface area contributed by atoms with Crippen molar-refractivity contribution in [2.75, 3.05) is 6.61 Å². The number of ketones is 1. The van der Waals surface area contributed by atoms with Gasteiger partial charge in [-0.1, -0.05) is 18.7 Å². The quantitative estimate of drug-likeness (QED) is 0.280. The Balaban J connectivity index is 2.23. The molecule has 0 aliphatic rings. The lowest BCUT2D eigenvalue weighted by Gasteiger charge is -2.18. The molecule has 0 unspecified atom stereocenters. The molecule has 4 nitrogen and oxygen atoms in total. The topological polar surface area (TPSA) is 44.8 Å². The van der Waals surface area contributed by atoms with Crippen LogP contribution < -0.4 is 14.2 Å². The largest absolute Gasteiger partial charge is 0.491 e. The standard InChI is InChI=1S/C25H30O4/c1-7-14-27-22-11-9-21(10-12-22)23(26)13-8-20-15-24(28-17(2)3)19(6)25(16-20)29-18(4)5/h7-13,15-18H,1,14H2,2-6H3/b13-8+. The first-order valence-electron chi connectivity index (χ1n) is 9.84. The highest BCUT2D eigenvalue weighted by Gasteiger charge is 2.12. The van der Waals surface area contributed by atoms with E-state index >= 15 is 0 Å². The van der Waals surface area contributed by atoms with Crippen molar-refractivity contribution < 1.29 is 19.0 Å². The van der Waals surface area contributed by atoms with E-state index in [1.807, 2.05) is 46.8 Å². The van der Waals surface area contributed by atoms with Crippen LogP contribution in [-0.2, 0) is 0 Å². The Morgan fingerprint density at radius 3 is 2.03 bits per heavy atom. The SMILES string of the molecule is C=CCOc1ccc(C(=O)/C=C/c2cc(OC(C)C)c(C)c(OC(C)C)c2)cc1. The van der Waals surface area contributed by atoms with Gasteiger partial charge >= 0.3 is 0 Å². The zero-order valence-corrected chi connectivity index (χ0v) is 17.9. The second-order valence-corrected chi connectivity index (χ2v) is 7.30. The van der Waals surface area contributed by atoms with Crippen molar-refractivity contribution in [1.29, 1.82) is 0 Å². The van der Waals surface area contributed by atoms with E-state index in [1.165, 1.54) is 0 Å². The van der Waals surface area contributed by atoms with Crippen molar-refractivity contribution in [3.8, 4) is 17.2 Å². The van der Waals surface area contributed by atoms with Crippen LogP contribution in [0.2, 0.25) is 0 Å². The summed E-state index contributed by atoms with van der Waals surface area (Å²) in [6.07, 6.45) is 5.11. The molecule has 2 aromatic carbocycles. The van der Waals surface area contributed by atoms with Crippen LogP contribution in [0.3, 0.4) is 0 Å². The monoisotopic (exact) mass is 394 g/mol. The molecule has 4 heteroatoms. The molecule has 0 spiro atoms. The zero-order valence-electron chi connectivity index (χ0n) is 17.9. The lowest BCUT2D eigenvalue weighted by Crippen LogP contribution is -2.10. The third kappa shape index (κ3) is 6.83. The summed E-state index contributed by atoms with van der Waals surface area (Å²) >= 11 is 0. The minimum atomic E-state index is -0.0847. The average Bonchev–Trinajstić information content (AvgIpc) is 2.67. The summed E-state index contributed by atoms with van der Waals surface area (Å²) in [4.78, 5) is 12.5. The lowest BCUT2D eigenvalue weighted by atomic mass is 10.1. The number of carbonyl (C=O) groups is 1. The van der Waals surface area contributed by atoms with Crippen LogP contribution in [-0.4, -0.2) is 24.6 Å². The Labute approximate surface area is 173 Å². The van der Waals surface area contributed by atoms with E-state index in [0.29, 0.717) is 17.9 Å². The van der Waals surface area contributed by atoms with E-state index in [4.69, 9.17) is 14.2 Å². The number of carbonyl (C=O) groups excluding carboxylic acids is 1. The maximum Gasteiger partial charge on any atom is 0.185 e. The Bertz CT molecular complexity index is 830. The fourth-order valence-electron chi connectivity index (χ4n) is 2.67. The van der Waals surface area contributed by atoms with E-state index in [0.717, 1.165) is 22.6 Å². The molecule has 0 aliphatic heterocycles. The minimum absolute atomic E-state index is 0.0447. The third-order valence-electron chi connectivity index (χ3n) is 3.99. The van der Waals surface area contributed by atoms with Gasteiger partial charge in [0, 0.05) is 11.1 Å². The number of rotatable bonds is 10. The smallest absolute Gasteiger partial charge is 0.185 e. The molecule has 0 amide bonds. The average molecular weight is 395 g/mol. The molecule has 0 N–H and O–H groups in total. The summed E-state index contributed by atoms with van der Waals surface area (Å²) in [5.41, 5.74) is 2.39. The van der Waals surface area contributed by atoms with Gasteiger partial charge in [0.1, 0.15) is 23.9 Å². The highest BCUT2D eigenvalue weighted by molar-refractivity contribution is 6.06. The first-order chi connectivity index (χ1) is 13.8. The molecular formula is C25H30O4. The van der Waals surface area contributed by atoms with Gasteiger partial charge in [-0.2, -0.15) is 0 Å². The molecule has 0 heterocycles. The molecule has 0 fully saturated rings. The van der Waals surface area contributed by atoms with Gasteiger partial charge in [0.15, 0.2) is 5.78 Å². The van der Waals surface area contributed by atoms with Crippen molar-refractivity contribution in [3.05, 3.63) is 71.8 Å². The maximum atomic E-state index is 12.5. The van der Waals surface area contributed by atoms with Crippen LogP contribution >= 0.6 is 0 Å². The molecule has 0 atom stereocenters. The molecule has 2 aromatic rings. The zero-order chi connectivity index (χ0) is 21.4. The number of hydrogen-bond donors (Lipinski definition) is 0.